The van der Waals surface area contributed by atoms with E-state index in [1.165, 1.54) is 24.8 Å². The number of anilines is 2. The van der Waals surface area contributed by atoms with Crippen molar-refractivity contribution in [3.63, 3.8) is 0 Å². The molecule has 3 aromatic heterocycles. The maximum absolute atomic E-state index is 14.7. The van der Waals surface area contributed by atoms with Crippen molar-refractivity contribution in [2.24, 2.45) is 6.98 Å². The summed E-state index contributed by atoms with van der Waals surface area (Å²) in [4.78, 5) is 17.2. The Morgan fingerprint density at radius 2 is 1.89 bits per heavy atom. The molecule has 5 aromatic rings. The summed E-state index contributed by atoms with van der Waals surface area (Å²) in [7, 11) is 0. The van der Waals surface area contributed by atoms with Gasteiger partial charge in [0.2, 0.25) is 0 Å². The number of rotatable bonds is 6. The highest BCUT2D eigenvalue weighted by atomic mass is 35.5. The number of ether oxygens (including phenoxy) is 1. The lowest BCUT2D eigenvalue weighted by atomic mass is 10.0. The highest BCUT2D eigenvalue weighted by Gasteiger charge is 2.28. The lowest BCUT2D eigenvalue weighted by molar-refractivity contribution is 0.101. The zero-order valence-corrected chi connectivity index (χ0v) is 19.8. The van der Waals surface area contributed by atoms with Crippen LogP contribution in [0.15, 0.2) is 61.4 Å². The van der Waals surface area contributed by atoms with Crippen LogP contribution in [0.3, 0.4) is 0 Å². The Bertz CT molecular complexity index is 1680. The number of nitrogens with zero attached hydrogens (tertiary/aromatic N) is 6. The Morgan fingerprint density at radius 3 is 2.64 bits per heavy atom. The van der Waals surface area contributed by atoms with Crippen LogP contribution in [0.2, 0.25) is 5.02 Å². The first-order chi connectivity index (χ1) is 18.4. The fourth-order valence-corrected chi connectivity index (χ4v) is 3.81. The Balaban J connectivity index is 1.68. The number of hydrogen-bond donors (Lipinski definition) is 1. The molecule has 0 saturated carbocycles. The lowest BCUT2D eigenvalue weighted by Gasteiger charge is -2.26. The monoisotopic (exact) mass is 510 g/mol. The van der Waals surface area contributed by atoms with E-state index < -0.39 is 29.2 Å². The van der Waals surface area contributed by atoms with Gasteiger partial charge in [0.25, 0.3) is 0 Å². The van der Waals surface area contributed by atoms with Crippen LogP contribution >= 0.6 is 11.6 Å². The van der Waals surface area contributed by atoms with Gasteiger partial charge in [0.15, 0.2) is 17.2 Å². The van der Waals surface area contributed by atoms with Gasteiger partial charge in [-0.25, -0.2) is 28.7 Å². The van der Waals surface area contributed by atoms with Crippen molar-refractivity contribution in [2.45, 2.75) is 19.4 Å². The van der Waals surface area contributed by atoms with Crippen molar-refractivity contribution < 1.29 is 17.6 Å². The number of nitrogens with one attached hydrogen (secondary N) is 1. The standard InChI is InChI=1S/C25H20ClF2N7O/c1-25(2,24-29-7-4-8-30-24)36-19-10-14(15-11-33-35(3)12-15)9-18-20(19)23(32-13-31-18)34-17-6-5-16(27)21(26)22(17)28/h4-13H,1-3H3,(H,31,32,34)/i3D3. The number of hydrogen-bond acceptors (Lipinski definition) is 7. The second-order valence-electron chi connectivity index (χ2n) is 8.30. The molecule has 3 heterocycles. The molecule has 8 nitrogen and oxygen atoms in total. The predicted octanol–water partition coefficient (Wildman–Crippen LogP) is 5.81. The molecular formula is C25H20ClF2N7O. The molecule has 0 aliphatic rings. The first-order valence-electron chi connectivity index (χ1n) is 12.2. The zero-order valence-electron chi connectivity index (χ0n) is 22.0. The van der Waals surface area contributed by atoms with Gasteiger partial charge in [-0.3, -0.25) is 4.68 Å². The maximum Gasteiger partial charge on any atom is 0.171 e. The van der Waals surface area contributed by atoms with Crippen LogP contribution in [0.25, 0.3) is 22.0 Å². The molecule has 36 heavy (non-hydrogen) atoms. The molecular weight excluding hydrogens is 488 g/mol. The van der Waals surface area contributed by atoms with Gasteiger partial charge < -0.3 is 10.1 Å². The SMILES string of the molecule is [2H]C([2H])([2H])n1cc(-c2cc(OC(C)(C)c3ncccn3)c3c(Nc4ccc(F)c(Cl)c4F)ncnc3c2)cn1. The molecule has 0 aliphatic heterocycles. The minimum atomic E-state index is -2.46. The van der Waals surface area contributed by atoms with Gasteiger partial charge in [0, 0.05) is 35.2 Å². The van der Waals surface area contributed by atoms with Crippen LogP contribution in [0, 0.1) is 11.6 Å². The van der Waals surface area contributed by atoms with E-state index in [4.69, 9.17) is 20.5 Å². The van der Waals surface area contributed by atoms with E-state index in [1.807, 2.05) is 0 Å². The molecule has 0 amide bonds. The fourth-order valence-electron chi connectivity index (χ4n) is 3.65. The summed E-state index contributed by atoms with van der Waals surface area (Å²) in [6.45, 7) is 1.08. The number of fused-ring (bicyclic) bond motifs is 1. The lowest BCUT2D eigenvalue weighted by Crippen LogP contribution is -2.28. The molecule has 1 N–H and O–H groups in total. The van der Waals surface area contributed by atoms with Gasteiger partial charge in [0.05, 0.1) is 22.8 Å². The van der Waals surface area contributed by atoms with Crippen LogP contribution in [-0.2, 0) is 12.6 Å². The molecule has 11 heteroatoms. The van der Waals surface area contributed by atoms with Gasteiger partial charge in [-0.15, -0.1) is 0 Å². The van der Waals surface area contributed by atoms with Crippen molar-refractivity contribution in [3.8, 4) is 16.9 Å². The van der Waals surface area contributed by atoms with Crippen molar-refractivity contribution in [2.75, 3.05) is 5.32 Å². The van der Waals surface area contributed by atoms with E-state index >= 15 is 0 Å². The molecule has 0 fully saturated rings. The first kappa shape index (κ1) is 20.1. The molecule has 0 spiro atoms. The number of halogens is 3. The molecule has 182 valence electrons. The molecule has 0 unspecified atom stereocenters. The third-order valence-corrected chi connectivity index (χ3v) is 5.72. The number of aryl methyl sites for hydroxylation is 1. The Hall–Kier alpha value is -4.18. The van der Waals surface area contributed by atoms with Crippen molar-refractivity contribution in [1.29, 1.82) is 0 Å². The topological polar surface area (TPSA) is 90.6 Å². The zero-order chi connectivity index (χ0) is 27.9. The first-order valence-corrected chi connectivity index (χ1v) is 11.0. The van der Waals surface area contributed by atoms with E-state index in [9.17, 15) is 8.78 Å². The second-order valence-corrected chi connectivity index (χ2v) is 8.68. The van der Waals surface area contributed by atoms with Crippen LogP contribution in [0.4, 0.5) is 20.3 Å². The number of aromatic nitrogens is 6. The highest BCUT2D eigenvalue weighted by molar-refractivity contribution is 6.31. The summed E-state index contributed by atoms with van der Waals surface area (Å²) in [5, 5.41) is 6.52. The van der Waals surface area contributed by atoms with E-state index in [2.05, 4.69) is 30.4 Å². The Morgan fingerprint density at radius 1 is 1.08 bits per heavy atom. The third-order valence-electron chi connectivity index (χ3n) is 5.38. The summed E-state index contributed by atoms with van der Waals surface area (Å²) >= 11 is 5.77. The molecule has 0 atom stereocenters. The van der Waals surface area contributed by atoms with Crippen LogP contribution in [-0.4, -0.2) is 29.7 Å². The molecule has 0 bridgehead atoms. The second kappa shape index (κ2) is 9.12. The Kier molecular flexibility index (Phi) is 5.08. The molecule has 0 radical (unpaired) electrons. The molecule has 5 rings (SSSR count). The summed E-state index contributed by atoms with van der Waals surface area (Å²) in [5.41, 5.74) is 0.281. The van der Waals surface area contributed by atoms with Gasteiger partial charge in [-0.2, -0.15) is 5.10 Å². The quantitative estimate of drug-likeness (QED) is 0.288. The molecule has 2 aromatic carbocycles. The normalized spacial score (nSPS) is 13.2. The average molecular weight is 511 g/mol. The number of benzene rings is 2. The summed E-state index contributed by atoms with van der Waals surface area (Å²) in [6.07, 6.45) is 7.24. The van der Waals surface area contributed by atoms with Gasteiger partial charge in [-0.1, -0.05) is 11.6 Å². The van der Waals surface area contributed by atoms with Crippen LogP contribution in [0.5, 0.6) is 5.75 Å². The fraction of sp³-hybridized carbons (Fsp3) is 0.160. The smallest absolute Gasteiger partial charge is 0.171 e. The van der Waals surface area contributed by atoms with E-state index in [-0.39, 0.29) is 17.3 Å². The van der Waals surface area contributed by atoms with Crippen molar-refractivity contribution >= 4 is 34.0 Å². The van der Waals surface area contributed by atoms with E-state index in [0.29, 0.717) is 27.9 Å². The largest absolute Gasteiger partial charge is 0.479 e. The minimum absolute atomic E-state index is 0.110. The predicted molar refractivity (Wildman–Crippen MR) is 132 cm³/mol. The van der Waals surface area contributed by atoms with Crippen LogP contribution < -0.4 is 10.1 Å². The van der Waals surface area contributed by atoms with E-state index in [0.717, 1.165) is 10.7 Å². The van der Waals surface area contributed by atoms with Crippen molar-refractivity contribution in [1.82, 2.24) is 29.7 Å². The van der Waals surface area contributed by atoms with Gasteiger partial charge >= 0.3 is 0 Å². The van der Waals surface area contributed by atoms with Crippen LogP contribution in [0.1, 0.15) is 23.8 Å². The summed E-state index contributed by atoms with van der Waals surface area (Å²) in [6, 6.07) is 7.26. The van der Waals surface area contributed by atoms with E-state index in [1.54, 1.807) is 44.4 Å². The highest BCUT2D eigenvalue weighted by Crippen LogP contribution is 2.39. The van der Waals surface area contributed by atoms with Gasteiger partial charge in [0.1, 0.15) is 28.7 Å². The molecule has 0 saturated heterocycles. The van der Waals surface area contributed by atoms with Gasteiger partial charge in [-0.05, 0) is 49.7 Å². The molecule has 0 aliphatic carbocycles. The summed E-state index contributed by atoms with van der Waals surface area (Å²) in [5.74, 6) is -1.08. The third kappa shape index (κ3) is 4.42. The average Bonchev–Trinajstić information content (AvgIpc) is 3.41. The summed E-state index contributed by atoms with van der Waals surface area (Å²) < 4.78 is 58.6. The Labute approximate surface area is 214 Å². The minimum Gasteiger partial charge on any atom is -0.479 e. The maximum atomic E-state index is 14.7. The van der Waals surface area contributed by atoms with Crippen molar-refractivity contribution in [3.05, 3.63) is 83.9 Å².